The second kappa shape index (κ2) is 9.27. The Morgan fingerprint density at radius 1 is 0.906 bits per heavy atom. The van der Waals surface area contributed by atoms with Gasteiger partial charge in [0.25, 0.3) is 0 Å². The van der Waals surface area contributed by atoms with Gasteiger partial charge in [-0.2, -0.15) is 13.2 Å². The Hall–Kier alpha value is -2.96. The zero-order chi connectivity index (χ0) is 22.7. The first-order valence-corrected chi connectivity index (χ1v) is 10.6. The first kappa shape index (κ1) is 22.2. The largest absolute Gasteiger partial charge is 0.416 e. The first-order chi connectivity index (χ1) is 15.4. The van der Waals surface area contributed by atoms with Crippen LogP contribution >= 0.6 is 0 Å². The van der Waals surface area contributed by atoms with Crippen molar-refractivity contribution in [2.45, 2.75) is 31.2 Å². The summed E-state index contributed by atoms with van der Waals surface area (Å²) < 4.78 is 41.8. The molecule has 166 valence electrons. The fraction of sp³-hybridized carbons (Fsp3) is 0.269. The van der Waals surface area contributed by atoms with Crippen molar-refractivity contribution in [3.8, 4) is 0 Å². The highest BCUT2D eigenvalue weighted by Gasteiger charge is 2.48. The van der Waals surface area contributed by atoms with Gasteiger partial charge in [-0.3, -0.25) is 9.69 Å². The number of hydrogen-bond donors (Lipinski definition) is 1. The number of alkyl halides is 3. The van der Waals surface area contributed by atoms with Crippen LogP contribution in [0.1, 0.15) is 39.5 Å². The van der Waals surface area contributed by atoms with Crippen LogP contribution in [0.4, 0.5) is 13.2 Å². The van der Waals surface area contributed by atoms with E-state index in [-0.39, 0.29) is 24.4 Å². The monoisotopic (exact) mass is 439 g/mol. The lowest BCUT2D eigenvalue weighted by atomic mass is 9.84. The van der Waals surface area contributed by atoms with E-state index in [0.717, 1.165) is 11.6 Å². The molecule has 3 atom stereocenters. The summed E-state index contributed by atoms with van der Waals surface area (Å²) in [6, 6.07) is 22.2. The number of carbonyl (C=O) groups excluding carboxylic acids is 1. The first-order valence-electron chi connectivity index (χ1n) is 10.6. The second-order valence-corrected chi connectivity index (χ2v) is 8.10. The molecule has 0 aromatic heterocycles. The van der Waals surface area contributed by atoms with E-state index in [0.29, 0.717) is 12.1 Å². The van der Waals surface area contributed by atoms with Crippen LogP contribution in [0.3, 0.4) is 0 Å². The SMILES string of the molecule is O=C(c1ccccc1)[C@H]1C[C@@H](CO)N(Cc2ccccc2)[C@H]1c1ccccc1C(F)(F)F. The van der Waals surface area contributed by atoms with Gasteiger partial charge in [0.1, 0.15) is 0 Å². The normalized spacial score (nSPS) is 21.6. The van der Waals surface area contributed by atoms with Gasteiger partial charge in [-0.15, -0.1) is 0 Å². The topological polar surface area (TPSA) is 40.5 Å². The molecule has 0 spiro atoms. The number of Topliss-reactive ketones (excluding diaryl/α,β-unsaturated/α-hetero) is 1. The minimum atomic E-state index is -4.55. The van der Waals surface area contributed by atoms with Crippen molar-refractivity contribution in [1.82, 2.24) is 4.90 Å². The van der Waals surface area contributed by atoms with Crippen LogP contribution in [0.15, 0.2) is 84.9 Å². The van der Waals surface area contributed by atoms with Crippen molar-refractivity contribution in [3.63, 3.8) is 0 Å². The number of nitrogens with zero attached hydrogens (tertiary/aromatic N) is 1. The number of rotatable bonds is 6. The van der Waals surface area contributed by atoms with E-state index in [2.05, 4.69) is 0 Å². The van der Waals surface area contributed by atoms with Crippen LogP contribution in [-0.2, 0) is 12.7 Å². The number of benzene rings is 3. The van der Waals surface area contributed by atoms with Crippen molar-refractivity contribution < 1.29 is 23.1 Å². The predicted octanol–water partition coefficient (Wildman–Crippen LogP) is 5.51. The lowest BCUT2D eigenvalue weighted by Crippen LogP contribution is -2.35. The third kappa shape index (κ3) is 4.47. The summed E-state index contributed by atoms with van der Waals surface area (Å²) in [5.74, 6) is -0.914. The van der Waals surface area contributed by atoms with Crippen molar-refractivity contribution in [2.75, 3.05) is 6.61 Å². The number of carbonyl (C=O) groups is 1. The fourth-order valence-corrected chi connectivity index (χ4v) is 4.69. The summed E-state index contributed by atoms with van der Waals surface area (Å²) in [7, 11) is 0. The van der Waals surface area contributed by atoms with Gasteiger partial charge < -0.3 is 5.11 Å². The maximum atomic E-state index is 13.9. The van der Waals surface area contributed by atoms with E-state index in [9.17, 15) is 23.1 Å². The summed E-state index contributed by atoms with van der Waals surface area (Å²) in [4.78, 5) is 15.3. The molecule has 0 saturated carbocycles. The Morgan fingerprint density at radius 2 is 1.50 bits per heavy atom. The van der Waals surface area contributed by atoms with Gasteiger partial charge in [0.15, 0.2) is 5.78 Å². The number of aliphatic hydroxyl groups is 1. The van der Waals surface area contributed by atoms with Gasteiger partial charge in [0.05, 0.1) is 12.2 Å². The molecule has 1 heterocycles. The Kier molecular flexibility index (Phi) is 6.44. The van der Waals surface area contributed by atoms with Crippen LogP contribution in [0.2, 0.25) is 0 Å². The lowest BCUT2D eigenvalue weighted by molar-refractivity contribution is -0.138. The van der Waals surface area contributed by atoms with Crippen LogP contribution in [0.25, 0.3) is 0 Å². The minimum Gasteiger partial charge on any atom is -0.395 e. The summed E-state index contributed by atoms with van der Waals surface area (Å²) >= 11 is 0. The van der Waals surface area contributed by atoms with E-state index in [1.54, 1.807) is 36.4 Å². The third-order valence-corrected chi connectivity index (χ3v) is 6.13. The highest BCUT2D eigenvalue weighted by molar-refractivity contribution is 5.98. The molecule has 3 nitrogen and oxygen atoms in total. The molecule has 0 aliphatic carbocycles. The standard InChI is InChI=1S/C26H24F3NO2/c27-26(28,29)23-14-8-7-13-21(23)24-22(25(32)19-11-5-2-6-12-19)15-20(17-31)30(24)16-18-9-3-1-4-10-18/h1-14,20,22,24,31H,15-17H2/t20-,22-,24-/m0/s1. The van der Waals surface area contributed by atoms with Gasteiger partial charge in [-0.05, 0) is 23.6 Å². The van der Waals surface area contributed by atoms with Gasteiger partial charge in [-0.1, -0.05) is 78.9 Å². The van der Waals surface area contributed by atoms with E-state index < -0.39 is 29.7 Å². The zero-order valence-corrected chi connectivity index (χ0v) is 17.4. The molecule has 6 heteroatoms. The molecular formula is C26H24F3NO2. The van der Waals surface area contributed by atoms with Gasteiger partial charge >= 0.3 is 6.18 Å². The van der Waals surface area contributed by atoms with E-state index in [1.807, 2.05) is 35.2 Å². The second-order valence-electron chi connectivity index (χ2n) is 8.10. The number of aliphatic hydroxyl groups excluding tert-OH is 1. The predicted molar refractivity (Wildman–Crippen MR) is 116 cm³/mol. The number of likely N-dealkylation sites (tertiary alicyclic amines) is 1. The molecule has 1 saturated heterocycles. The molecule has 32 heavy (non-hydrogen) atoms. The van der Waals surface area contributed by atoms with E-state index in [4.69, 9.17) is 0 Å². The van der Waals surface area contributed by atoms with Crippen molar-refractivity contribution in [1.29, 1.82) is 0 Å². The van der Waals surface area contributed by atoms with Crippen molar-refractivity contribution in [2.24, 2.45) is 5.92 Å². The minimum absolute atomic E-state index is 0.0705. The molecule has 3 aromatic rings. The van der Waals surface area contributed by atoms with Crippen LogP contribution in [0, 0.1) is 5.92 Å². The third-order valence-electron chi connectivity index (χ3n) is 6.13. The smallest absolute Gasteiger partial charge is 0.395 e. The molecular weight excluding hydrogens is 415 g/mol. The molecule has 0 radical (unpaired) electrons. The average molecular weight is 439 g/mol. The molecule has 1 aliphatic heterocycles. The molecule has 0 bridgehead atoms. The van der Waals surface area contributed by atoms with Crippen molar-refractivity contribution >= 4 is 5.78 Å². The maximum Gasteiger partial charge on any atom is 0.416 e. The Bertz CT molecular complexity index is 1050. The molecule has 1 N–H and O–H groups in total. The van der Waals surface area contributed by atoms with Gasteiger partial charge in [0.2, 0.25) is 0 Å². The molecule has 3 aromatic carbocycles. The quantitative estimate of drug-likeness (QED) is 0.515. The van der Waals surface area contributed by atoms with Crippen LogP contribution < -0.4 is 0 Å². The number of halogens is 3. The number of hydrogen-bond acceptors (Lipinski definition) is 3. The molecule has 0 amide bonds. The molecule has 1 fully saturated rings. The number of ketones is 1. The summed E-state index contributed by atoms with van der Waals surface area (Å²) in [6.07, 6.45) is -4.26. The van der Waals surface area contributed by atoms with E-state index >= 15 is 0 Å². The summed E-state index contributed by atoms with van der Waals surface area (Å²) in [6.45, 7) is 0.0948. The van der Waals surface area contributed by atoms with Gasteiger partial charge in [0, 0.05) is 30.1 Å². The molecule has 0 unspecified atom stereocenters. The highest BCUT2D eigenvalue weighted by atomic mass is 19.4. The maximum absolute atomic E-state index is 13.9. The zero-order valence-electron chi connectivity index (χ0n) is 17.4. The highest BCUT2D eigenvalue weighted by Crippen LogP contribution is 2.47. The Morgan fingerprint density at radius 3 is 2.12 bits per heavy atom. The summed E-state index contributed by atoms with van der Waals surface area (Å²) in [5, 5.41) is 10.1. The molecule has 1 aliphatic rings. The average Bonchev–Trinajstić information content (AvgIpc) is 3.17. The summed E-state index contributed by atoms with van der Waals surface area (Å²) in [5.41, 5.74) is 0.701. The van der Waals surface area contributed by atoms with Gasteiger partial charge in [-0.25, -0.2) is 0 Å². The van der Waals surface area contributed by atoms with Crippen LogP contribution in [-0.4, -0.2) is 28.4 Å². The van der Waals surface area contributed by atoms with E-state index in [1.165, 1.54) is 12.1 Å². The Labute approximate surface area is 185 Å². The molecule has 4 rings (SSSR count). The van der Waals surface area contributed by atoms with Crippen LogP contribution in [0.5, 0.6) is 0 Å². The van der Waals surface area contributed by atoms with Crippen molar-refractivity contribution in [3.05, 3.63) is 107 Å². The fourth-order valence-electron chi connectivity index (χ4n) is 4.69. The lowest BCUT2D eigenvalue weighted by Gasteiger charge is -2.32. The Balaban J connectivity index is 1.82.